The van der Waals surface area contributed by atoms with Gasteiger partial charge in [0.2, 0.25) is 0 Å². The van der Waals surface area contributed by atoms with Crippen molar-refractivity contribution in [2.75, 3.05) is 25.4 Å². The molecule has 0 bridgehead atoms. The molecule has 3 heterocycles. The van der Waals surface area contributed by atoms with Gasteiger partial charge >= 0.3 is 0 Å². The van der Waals surface area contributed by atoms with Gasteiger partial charge in [-0.3, -0.25) is 9.59 Å². The highest BCUT2D eigenvalue weighted by molar-refractivity contribution is 7.98. The zero-order chi connectivity index (χ0) is 24.6. The fourth-order valence-electron chi connectivity index (χ4n) is 3.93. The molecule has 2 amide bonds. The molecule has 0 aliphatic carbocycles. The zero-order valence-electron chi connectivity index (χ0n) is 20.1. The van der Waals surface area contributed by atoms with Crippen molar-refractivity contribution in [2.24, 2.45) is 0 Å². The predicted molar refractivity (Wildman–Crippen MR) is 139 cm³/mol. The Morgan fingerprint density at radius 1 is 1.23 bits per heavy atom. The van der Waals surface area contributed by atoms with Crippen molar-refractivity contribution in [1.29, 1.82) is 0 Å². The Labute approximate surface area is 214 Å². The number of rotatable bonds is 10. The summed E-state index contributed by atoms with van der Waals surface area (Å²) < 4.78 is 11.0. The number of aromatic nitrogens is 1. The Hall–Kier alpha value is -2.78. The van der Waals surface area contributed by atoms with E-state index in [0.717, 1.165) is 40.9 Å². The molecule has 0 atom stereocenters. The van der Waals surface area contributed by atoms with Crippen molar-refractivity contribution < 1.29 is 18.7 Å². The summed E-state index contributed by atoms with van der Waals surface area (Å²) >= 11 is 3.25. The van der Waals surface area contributed by atoms with Crippen LogP contribution in [0.2, 0.25) is 0 Å². The maximum atomic E-state index is 12.9. The van der Waals surface area contributed by atoms with Crippen molar-refractivity contribution in [2.45, 2.75) is 44.5 Å². The fourth-order valence-corrected chi connectivity index (χ4v) is 5.66. The monoisotopic (exact) mass is 513 g/mol. The molecule has 1 fully saturated rings. The number of thioether (sulfide) groups is 1. The molecule has 1 aliphatic rings. The molecular weight excluding hydrogens is 482 g/mol. The molecule has 7 nitrogen and oxygen atoms in total. The van der Waals surface area contributed by atoms with Crippen LogP contribution in [-0.4, -0.2) is 53.2 Å². The maximum absolute atomic E-state index is 12.9. The summed E-state index contributed by atoms with van der Waals surface area (Å²) in [6.07, 6.45) is 3.46. The number of carbonyl (C=O) groups excluding carboxylic acids is 2. The lowest BCUT2D eigenvalue weighted by Gasteiger charge is -2.31. The lowest BCUT2D eigenvalue weighted by Crippen LogP contribution is -2.37. The number of piperidine rings is 1. The molecule has 0 radical (unpaired) electrons. The first-order chi connectivity index (χ1) is 17.0. The third-order valence-electron chi connectivity index (χ3n) is 5.72. The number of ether oxygens (including phenoxy) is 1. The van der Waals surface area contributed by atoms with Crippen molar-refractivity contribution in [3.05, 3.63) is 70.1 Å². The van der Waals surface area contributed by atoms with Gasteiger partial charge in [-0.2, -0.15) is 11.8 Å². The molecule has 1 aromatic carbocycles. The van der Waals surface area contributed by atoms with Gasteiger partial charge in [-0.05, 0) is 63.1 Å². The Morgan fingerprint density at radius 3 is 2.69 bits per heavy atom. The number of furan rings is 1. The van der Waals surface area contributed by atoms with Gasteiger partial charge in [0.1, 0.15) is 17.2 Å². The highest BCUT2D eigenvalue weighted by Gasteiger charge is 2.27. The second-order valence-electron chi connectivity index (χ2n) is 8.72. The summed E-state index contributed by atoms with van der Waals surface area (Å²) in [6.45, 7) is 5.91. The Bertz CT molecular complexity index is 1090. The zero-order valence-corrected chi connectivity index (χ0v) is 21.7. The smallest absolute Gasteiger partial charge is 0.270 e. The minimum Gasteiger partial charge on any atom is -0.491 e. The normalized spacial score (nSPS) is 14.3. The number of carbonyl (C=O) groups is 2. The number of amides is 2. The minimum atomic E-state index is -0.136. The summed E-state index contributed by atoms with van der Waals surface area (Å²) in [6, 6.07) is 11.2. The van der Waals surface area contributed by atoms with Crippen molar-refractivity contribution >= 4 is 34.9 Å². The predicted octanol–water partition coefficient (Wildman–Crippen LogP) is 5.21. The molecule has 35 heavy (non-hydrogen) atoms. The van der Waals surface area contributed by atoms with Gasteiger partial charge in [-0.25, -0.2) is 4.98 Å². The standard InChI is InChI=1S/C26H31N3O4S2/c1-18(2)33-21-7-5-20(6-8-21)26(31)29-12-9-19(10-13-29)25-28-23(17-35-25)24(30)27-11-15-34-16-22-4-3-14-32-22/h3-8,14,17-19H,9-13,15-16H2,1-2H3,(H,27,30). The Morgan fingerprint density at radius 2 is 2.00 bits per heavy atom. The molecule has 0 saturated carbocycles. The van der Waals surface area contributed by atoms with E-state index in [1.165, 1.54) is 11.3 Å². The van der Waals surface area contributed by atoms with Crippen LogP contribution in [0.4, 0.5) is 0 Å². The largest absolute Gasteiger partial charge is 0.491 e. The lowest BCUT2D eigenvalue weighted by molar-refractivity contribution is 0.0713. The van der Waals surface area contributed by atoms with E-state index >= 15 is 0 Å². The molecule has 1 N–H and O–H groups in total. The molecule has 1 saturated heterocycles. The van der Waals surface area contributed by atoms with E-state index in [1.54, 1.807) is 18.0 Å². The molecule has 9 heteroatoms. The van der Waals surface area contributed by atoms with Gasteiger partial charge in [0.05, 0.1) is 23.1 Å². The minimum absolute atomic E-state index is 0.0451. The van der Waals surface area contributed by atoms with Gasteiger partial charge < -0.3 is 19.4 Å². The molecule has 186 valence electrons. The van der Waals surface area contributed by atoms with Crippen LogP contribution in [0, 0.1) is 0 Å². The number of hydrogen-bond donors (Lipinski definition) is 1. The van der Waals surface area contributed by atoms with Crippen molar-refractivity contribution in [3.8, 4) is 5.75 Å². The number of thiazole rings is 1. The van der Waals surface area contributed by atoms with E-state index in [0.29, 0.717) is 30.9 Å². The van der Waals surface area contributed by atoms with Crippen LogP contribution in [0.3, 0.4) is 0 Å². The van der Waals surface area contributed by atoms with Crippen LogP contribution in [-0.2, 0) is 5.75 Å². The third-order valence-corrected chi connectivity index (χ3v) is 7.70. The SMILES string of the molecule is CC(C)Oc1ccc(C(=O)N2CCC(c3nc(C(=O)NCCSCc4ccco4)cs3)CC2)cc1. The number of nitrogens with zero attached hydrogens (tertiary/aromatic N) is 2. The van der Waals surface area contributed by atoms with Crippen LogP contribution >= 0.6 is 23.1 Å². The maximum Gasteiger partial charge on any atom is 0.270 e. The fraction of sp³-hybridized carbons (Fsp3) is 0.423. The average molecular weight is 514 g/mol. The first-order valence-electron chi connectivity index (χ1n) is 11.9. The van der Waals surface area contributed by atoms with E-state index in [2.05, 4.69) is 10.3 Å². The highest BCUT2D eigenvalue weighted by Crippen LogP contribution is 2.31. The molecule has 4 rings (SSSR count). The number of likely N-dealkylation sites (tertiary alicyclic amines) is 1. The van der Waals surface area contributed by atoms with Crippen LogP contribution < -0.4 is 10.1 Å². The molecule has 2 aromatic heterocycles. The Balaban J connectivity index is 1.20. The average Bonchev–Trinajstić information content (AvgIpc) is 3.56. The van der Waals surface area contributed by atoms with Crippen molar-refractivity contribution in [3.63, 3.8) is 0 Å². The van der Waals surface area contributed by atoms with Gasteiger partial charge in [0, 0.05) is 42.2 Å². The summed E-state index contributed by atoms with van der Waals surface area (Å²) in [5.74, 6) is 3.49. The lowest BCUT2D eigenvalue weighted by atomic mass is 9.97. The first kappa shape index (κ1) is 25.3. The second-order valence-corrected chi connectivity index (χ2v) is 10.7. The van der Waals surface area contributed by atoms with E-state index in [-0.39, 0.29) is 23.8 Å². The van der Waals surface area contributed by atoms with E-state index in [1.807, 2.05) is 60.5 Å². The van der Waals surface area contributed by atoms with E-state index in [4.69, 9.17) is 9.15 Å². The van der Waals surface area contributed by atoms with E-state index < -0.39 is 0 Å². The Kier molecular flexibility index (Phi) is 8.87. The quantitative estimate of drug-likeness (QED) is 0.375. The van der Waals surface area contributed by atoms with Gasteiger partial charge in [-0.15, -0.1) is 11.3 Å². The summed E-state index contributed by atoms with van der Waals surface area (Å²) in [7, 11) is 0. The molecular formula is C26H31N3O4S2. The van der Waals surface area contributed by atoms with Crippen LogP contribution in [0.15, 0.2) is 52.5 Å². The number of hydrogen-bond acceptors (Lipinski definition) is 7. The summed E-state index contributed by atoms with van der Waals surface area (Å²) in [4.78, 5) is 31.9. The topological polar surface area (TPSA) is 84.7 Å². The molecule has 3 aromatic rings. The molecule has 0 unspecified atom stereocenters. The second kappa shape index (κ2) is 12.3. The van der Waals surface area contributed by atoms with Gasteiger partial charge in [0.15, 0.2) is 0 Å². The number of nitrogens with one attached hydrogen (secondary N) is 1. The third kappa shape index (κ3) is 7.11. The molecule has 0 spiro atoms. The van der Waals surface area contributed by atoms with E-state index in [9.17, 15) is 9.59 Å². The number of benzene rings is 1. The van der Waals surface area contributed by atoms with Crippen LogP contribution in [0.1, 0.15) is 64.2 Å². The van der Waals surface area contributed by atoms with Crippen LogP contribution in [0.25, 0.3) is 0 Å². The summed E-state index contributed by atoms with van der Waals surface area (Å²) in [5, 5.41) is 5.75. The van der Waals surface area contributed by atoms with Crippen molar-refractivity contribution in [1.82, 2.24) is 15.2 Å². The molecule has 1 aliphatic heterocycles. The van der Waals surface area contributed by atoms with Gasteiger partial charge in [0.25, 0.3) is 11.8 Å². The highest BCUT2D eigenvalue weighted by atomic mass is 32.2. The van der Waals surface area contributed by atoms with Gasteiger partial charge in [-0.1, -0.05) is 0 Å². The first-order valence-corrected chi connectivity index (χ1v) is 13.9. The van der Waals surface area contributed by atoms with Crippen LogP contribution in [0.5, 0.6) is 5.75 Å². The summed E-state index contributed by atoms with van der Waals surface area (Å²) in [5.41, 5.74) is 1.15.